The largest absolute Gasteiger partial charge is 0.368 e. The number of nitrogens with one attached hydrogen (secondary N) is 2. The van der Waals surface area contributed by atoms with Crippen LogP contribution in [-0.2, 0) is 0 Å². The van der Waals surface area contributed by atoms with Crippen molar-refractivity contribution < 1.29 is 0 Å². The van der Waals surface area contributed by atoms with E-state index in [0.29, 0.717) is 6.04 Å². The topological polar surface area (TPSA) is 53.1 Å². The summed E-state index contributed by atoms with van der Waals surface area (Å²) in [6, 6.07) is 0.642. The van der Waals surface area contributed by atoms with Gasteiger partial charge in [0.15, 0.2) is 0 Å². The van der Waals surface area contributed by atoms with Gasteiger partial charge in [0.2, 0.25) is 5.95 Å². The molecule has 3 rings (SSSR count). The van der Waals surface area contributed by atoms with Crippen molar-refractivity contribution in [1.29, 1.82) is 0 Å². The number of hydrogen-bond donors (Lipinski definition) is 2. The summed E-state index contributed by atoms with van der Waals surface area (Å²) in [5.41, 5.74) is 1.12. The third-order valence-electron chi connectivity index (χ3n) is 5.66. The molecule has 2 heterocycles. The number of rotatable bonds is 7. The molecule has 1 aliphatic heterocycles. The Labute approximate surface area is 146 Å². The maximum absolute atomic E-state index is 4.72. The summed E-state index contributed by atoms with van der Waals surface area (Å²) in [5.74, 6) is 2.54. The van der Waals surface area contributed by atoms with Crippen LogP contribution in [0.2, 0.25) is 0 Å². The molecule has 1 aromatic rings. The fraction of sp³-hybridized carbons (Fsp3) is 0.789. The quantitative estimate of drug-likeness (QED) is 0.798. The first kappa shape index (κ1) is 17.5. The predicted molar refractivity (Wildman–Crippen MR) is 101 cm³/mol. The summed E-state index contributed by atoms with van der Waals surface area (Å²) >= 11 is 0. The Hall–Kier alpha value is -1.36. The summed E-state index contributed by atoms with van der Waals surface area (Å²) in [4.78, 5) is 11.7. The molecule has 1 aliphatic carbocycles. The lowest BCUT2D eigenvalue weighted by molar-refractivity contribution is 0.277. The minimum atomic E-state index is 0.642. The number of anilines is 2. The second-order valence-corrected chi connectivity index (χ2v) is 7.42. The van der Waals surface area contributed by atoms with Crippen molar-refractivity contribution in [1.82, 2.24) is 14.9 Å². The first-order valence-electron chi connectivity index (χ1n) is 9.81. The third kappa shape index (κ3) is 4.59. The van der Waals surface area contributed by atoms with E-state index in [0.717, 1.165) is 42.9 Å². The van der Waals surface area contributed by atoms with Crippen molar-refractivity contribution in [2.45, 2.75) is 64.8 Å². The van der Waals surface area contributed by atoms with Crippen molar-refractivity contribution in [3.8, 4) is 0 Å². The fourth-order valence-corrected chi connectivity index (χ4v) is 4.09. The van der Waals surface area contributed by atoms with Gasteiger partial charge in [0, 0.05) is 30.9 Å². The Kier molecular flexibility index (Phi) is 6.30. The molecule has 0 spiro atoms. The number of nitrogens with zero attached hydrogens (tertiary/aromatic N) is 3. The molecule has 1 unspecified atom stereocenters. The molecule has 1 saturated carbocycles. The minimum Gasteiger partial charge on any atom is -0.368 e. The number of aryl methyl sites for hydroxylation is 1. The van der Waals surface area contributed by atoms with Gasteiger partial charge in [0.05, 0.1) is 0 Å². The first-order valence-corrected chi connectivity index (χ1v) is 9.81. The van der Waals surface area contributed by atoms with Crippen LogP contribution in [0.1, 0.15) is 57.4 Å². The van der Waals surface area contributed by atoms with Gasteiger partial charge in [-0.3, -0.25) is 4.90 Å². The SMILES string of the molecule is CCN1CCCC1CNc1nc(NCC2CCCCC2)ncc1C. The van der Waals surface area contributed by atoms with Crippen LogP contribution in [0.3, 0.4) is 0 Å². The Bertz CT molecular complexity index is 512. The lowest BCUT2D eigenvalue weighted by Gasteiger charge is -2.24. The van der Waals surface area contributed by atoms with Crippen molar-refractivity contribution >= 4 is 11.8 Å². The zero-order valence-electron chi connectivity index (χ0n) is 15.4. The Morgan fingerprint density at radius 1 is 1.08 bits per heavy atom. The van der Waals surface area contributed by atoms with Crippen molar-refractivity contribution in [3.63, 3.8) is 0 Å². The van der Waals surface area contributed by atoms with Gasteiger partial charge >= 0.3 is 0 Å². The molecular weight excluding hydrogens is 298 g/mol. The average Bonchev–Trinajstić information content (AvgIpc) is 3.08. The number of likely N-dealkylation sites (tertiary alicyclic amines) is 1. The van der Waals surface area contributed by atoms with Crippen LogP contribution in [0.25, 0.3) is 0 Å². The molecule has 2 fully saturated rings. The minimum absolute atomic E-state index is 0.642. The van der Waals surface area contributed by atoms with Crippen molar-refractivity contribution in [3.05, 3.63) is 11.8 Å². The molecule has 2 N–H and O–H groups in total. The van der Waals surface area contributed by atoms with E-state index in [-0.39, 0.29) is 0 Å². The Balaban J connectivity index is 1.53. The molecule has 134 valence electrons. The fourth-order valence-electron chi connectivity index (χ4n) is 4.09. The van der Waals surface area contributed by atoms with E-state index >= 15 is 0 Å². The maximum atomic E-state index is 4.72. The summed E-state index contributed by atoms with van der Waals surface area (Å²) in [5, 5.41) is 7.02. The molecule has 24 heavy (non-hydrogen) atoms. The van der Waals surface area contributed by atoms with Crippen LogP contribution in [0.5, 0.6) is 0 Å². The first-order chi connectivity index (χ1) is 11.8. The van der Waals surface area contributed by atoms with Crippen LogP contribution in [0.15, 0.2) is 6.20 Å². The van der Waals surface area contributed by atoms with Crippen LogP contribution in [-0.4, -0.2) is 47.1 Å². The van der Waals surface area contributed by atoms with Crippen LogP contribution < -0.4 is 10.6 Å². The maximum Gasteiger partial charge on any atom is 0.224 e. The van der Waals surface area contributed by atoms with Gasteiger partial charge in [-0.2, -0.15) is 4.98 Å². The van der Waals surface area contributed by atoms with Gasteiger partial charge in [0.25, 0.3) is 0 Å². The van der Waals surface area contributed by atoms with Gasteiger partial charge in [-0.05, 0) is 51.6 Å². The van der Waals surface area contributed by atoms with Gasteiger partial charge in [-0.15, -0.1) is 0 Å². The summed E-state index contributed by atoms with van der Waals surface area (Å²) in [6.07, 6.45) is 11.4. The summed E-state index contributed by atoms with van der Waals surface area (Å²) < 4.78 is 0. The molecule has 0 amide bonds. The highest BCUT2D eigenvalue weighted by atomic mass is 15.2. The zero-order valence-corrected chi connectivity index (χ0v) is 15.4. The van der Waals surface area contributed by atoms with Crippen LogP contribution >= 0.6 is 0 Å². The van der Waals surface area contributed by atoms with E-state index in [1.54, 1.807) is 0 Å². The lowest BCUT2D eigenvalue weighted by atomic mass is 9.89. The van der Waals surface area contributed by atoms with E-state index < -0.39 is 0 Å². The van der Waals surface area contributed by atoms with Gasteiger partial charge < -0.3 is 10.6 Å². The smallest absolute Gasteiger partial charge is 0.224 e. The molecule has 1 aromatic heterocycles. The molecule has 1 saturated heterocycles. The standard InChI is InChI=1S/C19H33N5/c1-3-24-11-7-10-17(24)14-20-18-15(2)12-21-19(23-18)22-13-16-8-5-4-6-9-16/h12,16-17H,3-11,13-14H2,1-2H3,(H2,20,21,22,23). The molecule has 5 heteroatoms. The molecule has 2 aliphatic rings. The van der Waals surface area contributed by atoms with E-state index in [9.17, 15) is 0 Å². The Morgan fingerprint density at radius 2 is 1.92 bits per heavy atom. The van der Waals surface area contributed by atoms with Crippen LogP contribution in [0.4, 0.5) is 11.8 Å². The molecule has 0 bridgehead atoms. The van der Waals surface area contributed by atoms with E-state index in [1.165, 1.54) is 51.5 Å². The summed E-state index contributed by atoms with van der Waals surface area (Å²) in [7, 11) is 0. The molecule has 5 nitrogen and oxygen atoms in total. The number of likely N-dealkylation sites (N-methyl/N-ethyl adjacent to an activating group) is 1. The van der Waals surface area contributed by atoms with Crippen LogP contribution in [0, 0.1) is 12.8 Å². The molecule has 0 aromatic carbocycles. The number of hydrogen-bond acceptors (Lipinski definition) is 5. The van der Waals surface area contributed by atoms with Crippen molar-refractivity contribution in [2.75, 3.05) is 36.8 Å². The highest BCUT2D eigenvalue weighted by Crippen LogP contribution is 2.24. The normalized spacial score (nSPS) is 22.7. The lowest BCUT2D eigenvalue weighted by Crippen LogP contribution is -2.34. The van der Waals surface area contributed by atoms with E-state index in [2.05, 4.69) is 34.4 Å². The second-order valence-electron chi connectivity index (χ2n) is 7.42. The molecular formula is C19H33N5. The summed E-state index contributed by atoms with van der Waals surface area (Å²) in [6.45, 7) is 8.70. The van der Waals surface area contributed by atoms with E-state index in [1.807, 2.05) is 6.20 Å². The van der Waals surface area contributed by atoms with E-state index in [4.69, 9.17) is 4.98 Å². The monoisotopic (exact) mass is 331 g/mol. The average molecular weight is 332 g/mol. The third-order valence-corrected chi connectivity index (χ3v) is 5.66. The highest BCUT2D eigenvalue weighted by Gasteiger charge is 2.22. The van der Waals surface area contributed by atoms with Gasteiger partial charge in [-0.25, -0.2) is 4.98 Å². The predicted octanol–water partition coefficient (Wildman–Crippen LogP) is 3.67. The molecule has 1 atom stereocenters. The second kappa shape index (κ2) is 8.65. The zero-order chi connectivity index (χ0) is 16.8. The van der Waals surface area contributed by atoms with Gasteiger partial charge in [-0.1, -0.05) is 26.2 Å². The highest BCUT2D eigenvalue weighted by molar-refractivity contribution is 5.46. The Morgan fingerprint density at radius 3 is 2.71 bits per heavy atom. The van der Waals surface area contributed by atoms with Gasteiger partial charge in [0.1, 0.15) is 5.82 Å². The number of aromatic nitrogens is 2. The molecule has 0 radical (unpaired) electrons. The van der Waals surface area contributed by atoms with Crippen molar-refractivity contribution in [2.24, 2.45) is 5.92 Å².